The molecule has 0 unspecified atom stereocenters. The molecule has 0 fully saturated rings. The number of hydrogen-bond donors (Lipinski definition) is 1. The molecule has 2 aromatic rings. The Morgan fingerprint density at radius 3 is 2.94 bits per heavy atom. The van der Waals surface area contributed by atoms with Crippen LogP contribution in [0.5, 0.6) is 0 Å². The van der Waals surface area contributed by atoms with Gasteiger partial charge in [-0.2, -0.15) is 5.10 Å². The van der Waals surface area contributed by atoms with Crippen LogP contribution in [0.3, 0.4) is 0 Å². The van der Waals surface area contributed by atoms with Crippen molar-refractivity contribution in [3.8, 4) is 0 Å². The van der Waals surface area contributed by atoms with Crippen LogP contribution in [0.2, 0.25) is 0 Å². The van der Waals surface area contributed by atoms with E-state index in [0.29, 0.717) is 11.5 Å². The SMILES string of the molecule is CCn1ccc(NC(=O)c2ccccn2)n1. The lowest BCUT2D eigenvalue weighted by Crippen LogP contribution is -2.14. The summed E-state index contributed by atoms with van der Waals surface area (Å²) in [5.74, 6) is 0.291. The lowest BCUT2D eigenvalue weighted by atomic mass is 10.3. The number of nitrogens with one attached hydrogen (secondary N) is 1. The van der Waals surface area contributed by atoms with Crippen molar-refractivity contribution in [2.75, 3.05) is 5.32 Å². The zero-order valence-electron chi connectivity index (χ0n) is 8.92. The van der Waals surface area contributed by atoms with E-state index in [1.807, 2.05) is 13.1 Å². The van der Waals surface area contributed by atoms with Crippen molar-refractivity contribution >= 4 is 11.7 Å². The number of carbonyl (C=O) groups is 1. The molecule has 2 rings (SSSR count). The van der Waals surface area contributed by atoms with Crippen molar-refractivity contribution in [1.29, 1.82) is 0 Å². The lowest BCUT2D eigenvalue weighted by molar-refractivity contribution is 0.102. The highest BCUT2D eigenvalue weighted by atomic mass is 16.1. The first kappa shape index (κ1) is 10.4. The molecule has 0 atom stereocenters. The molecule has 1 amide bonds. The maximum atomic E-state index is 11.7. The zero-order chi connectivity index (χ0) is 11.4. The number of aryl methyl sites for hydroxylation is 1. The van der Waals surface area contributed by atoms with Crippen molar-refractivity contribution in [3.05, 3.63) is 42.4 Å². The molecule has 5 heteroatoms. The van der Waals surface area contributed by atoms with E-state index in [-0.39, 0.29) is 5.91 Å². The van der Waals surface area contributed by atoms with Gasteiger partial charge in [0.15, 0.2) is 5.82 Å². The van der Waals surface area contributed by atoms with Crippen LogP contribution >= 0.6 is 0 Å². The van der Waals surface area contributed by atoms with E-state index in [0.717, 1.165) is 6.54 Å². The topological polar surface area (TPSA) is 59.8 Å². The van der Waals surface area contributed by atoms with Gasteiger partial charge < -0.3 is 5.32 Å². The van der Waals surface area contributed by atoms with Crippen LogP contribution in [0.25, 0.3) is 0 Å². The molecule has 0 aromatic carbocycles. The van der Waals surface area contributed by atoms with Crippen LogP contribution in [0.4, 0.5) is 5.82 Å². The first-order valence-electron chi connectivity index (χ1n) is 5.05. The predicted octanol–water partition coefficient (Wildman–Crippen LogP) is 1.55. The predicted molar refractivity (Wildman–Crippen MR) is 60.1 cm³/mol. The van der Waals surface area contributed by atoms with Crippen molar-refractivity contribution in [1.82, 2.24) is 14.8 Å². The number of hydrogen-bond acceptors (Lipinski definition) is 3. The largest absolute Gasteiger partial charge is 0.304 e. The van der Waals surface area contributed by atoms with E-state index in [4.69, 9.17) is 0 Å². The zero-order valence-corrected chi connectivity index (χ0v) is 8.92. The van der Waals surface area contributed by atoms with Crippen LogP contribution in [0.15, 0.2) is 36.7 Å². The number of nitrogens with zero attached hydrogens (tertiary/aromatic N) is 3. The summed E-state index contributed by atoms with van der Waals surface area (Å²) in [5.41, 5.74) is 0.383. The average molecular weight is 216 g/mol. The van der Waals surface area contributed by atoms with Crippen LogP contribution < -0.4 is 5.32 Å². The molecule has 82 valence electrons. The minimum Gasteiger partial charge on any atom is -0.304 e. The van der Waals surface area contributed by atoms with Gasteiger partial charge in [0.25, 0.3) is 5.91 Å². The third-order valence-electron chi connectivity index (χ3n) is 2.10. The number of aromatic nitrogens is 3. The summed E-state index contributed by atoms with van der Waals surface area (Å²) >= 11 is 0. The summed E-state index contributed by atoms with van der Waals surface area (Å²) in [6.07, 6.45) is 3.40. The van der Waals surface area contributed by atoms with Crippen molar-refractivity contribution in [3.63, 3.8) is 0 Å². The highest BCUT2D eigenvalue weighted by Gasteiger charge is 2.07. The second kappa shape index (κ2) is 4.57. The minimum atomic E-state index is -0.248. The first-order valence-corrected chi connectivity index (χ1v) is 5.05. The molecule has 0 bridgehead atoms. The average Bonchev–Trinajstić information content (AvgIpc) is 2.78. The second-order valence-electron chi connectivity index (χ2n) is 3.23. The van der Waals surface area contributed by atoms with Gasteiger partial charge in [-0.15, -0.1) is 0 Å². The monoisotopic (exact) mass is 216 g/mol. The molecule has 2 heterocycles. The summed E-state index contributed by atoms with van der Waals surface area (Å²) in [6, 6.07) is 6.95. The van der Waals surface area contributed by atoms with Gasteiger partial charge in [0.1, 0.15) is 5.69 Å². The Morgan fingerprint density at radius 2 is 2.31 bits per heavy atom. The molecule has 0 spiro atoms. The van der Waals surface area contributed by atoms with Crippen LogP contribution in [0.1, 0.15) is 17.4 Å². The van der Waals surface area contributed by atoms with Gasteiger partial charge in [-0.25, -0.2) is 0 Å². The Kier molecular flexibility index (Phi) is 2.95. The fourth-order valence-corrected chi connectivity index (χ4v) is 1.28. The third-order valence-corrected chi connectivity index (χ3v) is 2.10. The number of rotatable bonds is 3. The third kappa shape index (κ3) is 2.25. The fraction of sp³-hybridized carbons (Fsp3) is 0.182. The summed E-state index contributed by atoms with van der Waals surface area (Å²) in [6.45, 7) is 2.76. The van der Waals surface area contributed by atoms with E-state index >= 15 is 0 Å². The molecule has 0 saturated carbocycles. The molecule has 0 radical (unpaired) electrons. The highest BCUT2D eigenvalue weighted by molar-refractivity contribution is 6.02. The van der Waals surface area contributed by atoms with E-state index in [1.54, 1.807) is 35.1 Å². The molecule has 0 aliphatic heterocycles. The Morgan fingerprint density at radius 1 is 1.44 bits per heavy atom. The molecular weight excluding hydrogens is 204 g/mol. The number of pyridine rings is 1. The van der Waals surface area contributed by atoms with Crippen LogP contribution in [-0.2, 0) is 6.54 Å². The lowest BCUT2D eigenvalue weighted by Gasteiger charge is -2.00. The van der Waals surface area contributed by atoms with Crippen LogP contribution in [-0.4, -0.2) is 20.7 Å². The van der Waals surface area contributed by atoms with Gasteiger partial charge in [0, 0.05) is 25.0 Å². The van der Waals surface area contributed by atoms with E-state index in [2.05, 4.69) is 15.4 Å². The summed E-state index contributed by atoms with van der Waals surface area (Å²) in [4.78, 5) is 15.6. The molecule has 0 saturated heterocycles. The molecule has 5 nitrogen and oxygen atoms in total. The fourth-order valence-electron chi connectivity index (χ4n) is 1.28. The van der Waals surface area contributed by atoms with E-state index in [9.17, 15) is 4.79 Å². The first-order chi connectivity index (χ1) is 7.79. The number of carbonyl (C=O) groups excluding carboxylic acids is 1. The summed E-state index contributed by atoms with van der Waals surface area (Å²) < 4.78 is 1.74. The van der Waals surface area contributed by atoms with E-state index < -0.39 is 0 Å². The standard InChI is InChI=1S/C11H12N4O/c1-2-15-8-6-10(14-15)13-11(16)9-5-3-4-7-12-9/h3-8H,2H2,1H3,(H,13,14,16). The van der Waals surface area contributed by atoms with Gasteiger partial charge >= 0.3 is 0 Å². The van der Waals surface area contributed by atoms with Gasteiger partial charge in [0.2, 0.25) is 0 Å². The van der Waals surface area contributed by atoms with Crippen molar-refractivity contribution < 1.29 is 4.79 Å². The van der Waals surface area contributed by atoms with Crippen LogP contribution in [0, 0.1) is 0 Å². The van der Waals surface area contributed by atoms with Crippen molar-refractivity contribution in [2.24, 2.45) is 0 Å². The number of anilines is 1. The smallest absolute Gasteiger partial charge is 0.275 e. The second-order valence-corrected chi connectivity index (χ2v) is 3.23. The Bertz CT molecular complexity index is 478. The van der Waals surface area contributed by atoms with Crippen molar-refractivity contribution in [2.45, 2.75) is 13.5 Å². The molecule has 2 aromatic heterocycles. The Hall–Kier alpha value is -2.17. The molecule has 16 heavy (non-hydrogen) atoms. The summed E-state index contributed by atoms with van der Waals surface area (Å²) in [5, 5.41) is 6.83. The quantitative estimate of drug-likeness (QED) is 0.846. The van der Waals surface area contributed by atoms with Gasteiger partial charge in [0.05, 0.1) is 0 Å². The highest BCUT2D eigenvalue weighted by Crippen LogP contribution is 2.04. The summed E-state index contributed by atoms with van der Waals surface area (Å²) in [7, 11) is 0. The van der Waals surface area contributed by atoms with Gasteiger partial charge in [-0.05, 0) is 19.1 Å². The minimum absolute atomic E-state index is 0.248. The maximum absolute atomic E-state index is 11.7. The molecule has 0 aliphatic rings. The van der Waals surface area contributed by atoms with E-state index in [1.165, 1.54) is 0 Å². The Balaban J connectivity index is 2.08. The van der Waals surface area contributed by atoms with Gasteiger partial charge in [-0.1, -0.05) is 6.07 Å². The molecular formula is C11H12N4O. The van der Waals surface area contributed by atoms with Gasteiger partial charge in [-0.3, -0.25) is 14.5 Å². The normalized spacial score (nSPS) is 10.1. The molecule has 1 N–H and O–H groups in total. The molecule has 0 aliphatic carbocycles. The Labute approximate surface area is 93.1 Å². The maximum Gasteiger partial charge on any atom is 0.275 e. The number of amides is 1.